The molecule has 3 heterocycles. The highest BCUT2D eigenvalue weighted by atomic mass is 32.2. The zero-order valence-corrected chi connectivity index (χ0v) is 18.6. The molecule has 1 fully saturated rings. The molecule has 0 spiro atoms. The summed E-state index contributed by atoms with van der Waals surface area (Å²) in [7, 11) is 0. The summed E-state index contributed by atoms with van der Waals surface area (Å²) in [5.74, 6) is 1.32. The van der Waals surface area contributed by atoms with E-state index in [4.69, 9.17) is 4.42 Å². The molecule has 3 aromatic rings. The number of hydrogen-bond donors (Lipinski definition) is 4. The van der Waals surface area contributed by atoms with Gasteiger partial charge < -0.3 is 34.7 Å². The summed E-state index contributed by atoms with van der Waals surface area (Å²) in [6.07, 6.45) is 0.634. The summed E-state index contributed by atoms with van der Waals surface area (Å²) in [5.41, 5.74) is 0.331. The summed E-state index contributed by atoms with van der Waals surface area (Å²) in [6.45, 7) is 4.48. The smallest absolute Gasteiger partial charge is 0.257 e. The normalized spacial score (nSPS) is 17.4. The van der Waals surface area contributed by atoms with Crippen LogP contribution in [0.25, 0.3) is 0 Å². The minimum Gasteiger partial charge on any atom is -0.546 e. The first-order chi connectivity index (χ1) is 15.4. The lowest BCUT2D eigenvalue weighted by Crippen LogP contribution is -2.29. The number of β-amino-alcohol motifs (C(OH)–C–C–N with tert-alkyl or cyclic N) is 1. The Morgan fingerprint density at radius 3 is 2.78 bits per heavy atom. The lowest BCUT2D eigenvalue weighted by Gasteiger charge is -2.18. The highest BCUT2D eigenvalue weighted by molar-refractivity contribution is 7.14. The fourth-order valence-electron chi connectivity index (χ4n) is 3.66. The Morgan fingerprint density at radius 2 is 2.12 bits per heavy atom. The molecule has 0 radical (unpaired) electrons. The maximum atomic E-state index is 12.8. The molecule has 4 N–H and O–H groups in total. The number of phenolic OH excluding ortho intramolecular Hbond substituents is 1. The molecule has 0 bridgehead atoms. The Kier molecular flexibility index (Phi) is 6.31. The predicted octanol–water partition coefficient (Wildman–Crippen LogP) is 3.32. The highest BCUT2D eigenvalue weighted by Gasteiger charge is 2.28. The molecule has 2 unspecified atom stereocenters. The van der Waals surface area contributed by atoms with Crippen molar-refractivity contribution < 1.29 is 24.0 Å². The minimum absolute atomic E-state index is 0.104. The Morgan fingerprint density at radius 1 is 1.34 bits per heavy atom. The molecule has 3 atom stereocenters. The van der Waals surface area contributed by atoms with Gasteiger partial charge in [0, 0.05) is 21.8 Å². The average molecular weight is 460 g/mol. The number of phenols is 1. The van der Waals surface area contributed by atoms with Gasteiger partial charge in [0.15, 0.2) is 16.9 Å². The molecule has 170 valence electrons. The number of amides is 1. The second kappa shape index (κ2) is 9.15. The number of aliphatic hydroxyl groups is 1. The lowest BCUT2D eigenvalue weighted by molar-refractivity contribution is 0.0762. The molecule has 10 nitrogen and oxygen atoms in total. The minimum atomic E-state index is -1.82. The maximum Gasteiger partial charge on any atom is 0.257 e. The molecular weight excluding hydrogens is 434 g/mol. The number of aliphatic hydroxyl groups excluding tert-OH is 1. The van der Waals surface area contributed by atoms with E-state index in [2.05, 4.69) is 19.4 Å². The van der Waals surface area contributed by atoms with Crippen LogP contribution in [0.4, 0.5) is 17.3 Å². The van der Waals surface area contributed by atoms with Gasteiger partial charge in [-0.05, 0) is 44.0 Å². The largest absolute Gasteiger partial charge is 0.546 e. The first-order valence-corrected chi connectivity index (χ1v) is 11.4. The van der Waals surface area contributed by atoms with Crippen molar-refractivity contribution in [3.05, 3.63) is 47.4 Å². The molecule has 1 aliphatic rings. The van der Waals surface area contributed by atoms with E-state index in [1.807, 2.05) is 26.0 Å². The van der Waals surface area contributed by atoms with Gasteiger partial charge in [-0.15, -0.1) is 0 Å². The zero-order chi connectivity index (χ0) is 22.8. The van der Waals surface area contributed by atoms with Crippen LogP contribution < -0.4 is 10.6 Å². The van der Waals surface area contributed by atoms with Crippen LogP contribution in [-0.2, 0) is 0 Å². The highest BCUT2D eigenvalue weighted by Crippen LogP contribution is 2.35. The van der Waals surface area contributed by atoms with Crippen molar-refractivity contribution in [1.82, 2.24) is 13.6 Å². The van der Waals surface area contributed by atoms with Gasteiger partial charge in [0.05, 0.1) is 23.4 Å². The number of furan rings is 1. The van der Waals surface area contributed by atoms with E-state index < -0.39 is 17.2 Å². The molecule has 1 aromatic carbocycles. The van der Waals surface area contributed by atoms with Crippen molar-refractivity contribution in [2.45, 2.75) is 38.8 Å². The molecule has 0 aliphatic carbocycles. The van der Waals surface area contributed by atoms with Crippen LogP contribution in [0.15, 0.2) is 34.7 Å². The standard InChI is InChI=1S/C21H25N5O5S/c1-3-15(17-8-7-12(2)31-17)22-19-20(25-32(30)24-19)23-16-6-4-5-14(18(16)28)21(29)26-10-9-13(27)11-26/h4-8,13,15,27-28H,3,9-11H2,1-2H3,(H,22,24)(H,23,25)/t13?,15-,32?/m1/s1. The third-order valence-corrected chi connectivity index (χ3v) is 6.03. The third kappa shape index (κ3) is 4.54. The van der Waals surface area contributed by atoms with Crippen molar-refractivity contribution >= 4 is 34.4 Å². The van der Waals surface area contributed by atoms with Gasteiger partial charge in [-0.25, -0.2) is 0 Å². The van der Waals surface area contributed by atoms with Crippen LogP contribution in [0.5, 0.6) is 5.75 Å². The molecule has 2 aromatic heterocycles. The van der Waals surface area contributed by atoms with Gasteiger partial charge in [0.25, 0.3) is 5.91 Å². The van der Waals surface area contributed by atoms with E-state index in [1.165, 1.54) is 11.0 Å². The Bertz CT molecular complexity index is 1110. The van der Waals surface area contributed by atoms with Crippen LogP contribution in [0.2, 0.25) is 0 Å². The number of carbonyl (C=O) groups excluding carboxylic acids is 1. The number of aromatic hydroxyl groups is 1. The van der Waals surface area contributed by atoms with Crippen LogP contribution >= 0.6 is 11.1 Å². The van der Waals surface area contributed by atoms with Gasteiger partial charge in [-0.3, -0.25) is 4.79 Å². The number of carbonyl (C=O) groups is 1. The average Bonchev–Trinajstić information content (AvgIpc) is 3.47. The molecule has 0 saturated carbocycles. The summed E-state index contributed by atoms with van der Waals surface area (Å²) >= 11 is -1.82. The molecule has 32 heavy (non-hydrogen) atoms. The number of hydrogen-bond acceptors (Lipinski definition) is 9. The van der Waals surface area contributed by atoms with Crippen molar-refractivity contribution in [1.29, 1.82) is 0 Å². The lowest BCUT2D eigenvalue weighted by atomic mass is 10.1. The fraction of sp³-hybridized carbons (Fsp3) is 0.381. The predicted molar refractivity (Wildman–Crippen MR) is 119 cm³/mol. The van der Waals surface area contributed by atoms with E-state index in [0.29, 0.717) is 25.1 Å². The van der Waals surface area contributed by atoms with Crippen molar-refractivity contribution in [3.8, 4) is 5.75 Å². The number of nitrogens with one attached hydrogen (secondary N) is 2. The Labute approximate surface area is 188 Å². The van der Waals surface area contributed by atoms with Crippen LogP contribution in [-0.4, -0.2) is 53.5 Å². The first-order valence-electron chi connectivity index (χ1n) is 10.3. The van der Waals surface area contributed by atoms with Crippen molar-refractivity contribution in [2.75, 3.05) is 23.7 Å². The first kappa shape index (κ1) is 22.1. The van der Waals surface area contributed by atoms with Crippen molar-refractivity contribution in [2.24, 2.45) is 0 Å². The van der Waals surface area contributed by atoms with Gasteiger partial charge in [0.2, 0.25) is 11.6 Å². The summed E-state index contributed by atoms with van der Waals surface area (Å²) in [4.78, 5) is 14.3. The quantitative estimate of drug-likeness (QED) is 0.308. The Hall–Kier alpha value is -3.15. The van der Waals surface area contributed by atoms with E-state index in [1.54, 1.807) is 12.1 Å². The number of nitrogens with zero attached hydrogens (tertiary/aromatic N) is 3. The number of aryl methyl sites for hydroxylation is 1. The van der Waals surface area contributed by atoms with Gasteiger partial charge in [0.1, 0.15) is 11.5 Å². The Balaban J connectivity index is 1.57. The molecule has 1 saturated heterocycles. The van der Waals surface area contributed by atoms with Crippen molar-refractivity contribution in [3.63, 3.8) is 0 Å². The maximum absolute atomic E-state index is 12.8. The summed E-state index contributed by atoms with van der Waals surface area (Å²) in [5, 5.41) is 26.5. The second-order valence-corrected chi connectivity index (χ2v) is 8.51. The van der Waals surface area contributed by atoms with E-state index in [0.717, 1.165) is 5.76 Å². The fourth-order valence-corrected chi connectivity index (χ4v) is 4.29. The van der Waals surface area contributed by atoms with Crippen LogP contribution in [0, 0.1) is 6.92 Å². The number of para-hydroxylation sites is 1. The monoisotopic (exact) mass is 459 g/mol. The van der Waals surface area contributed by atoms with E-state index in [-0.39, 0.29) is 47.1 Å². The molecular formula is C21H25N5O5S. The third-order valence-electron chi connectivity index (χ3n) is 5.36. The number of rotatable bonds is 7. The molecule has 4 rings (SSSR count). The summed E-state index contributed by atoms with van der Waals surface area (Å²) in [6, 6.07) is 8.23. The second-order valence-electron chi connectivity index (χ2n) is 7.68. The zero-order valence-electron chi connectivity index (χ0n) is 17.7. The SMILES string of the molecule is CC[C@@H](Nc1n[s+]([O-])nc1Nc1cccc(C(=O)N2CCC(O)C2)c1O)c1ccc(C)o1. The van der Waals surface area contributed by atoms with Gasteiger partial charge >= 0.3 is 0 Å². The van der Waals surface area contributed by atoms with Gasteiger partial charge in [-0.1, -0.05) is 13.0 Å². The summed E-state index contributed by atoms with van der Waals surface area (Å²) < 4.78 is 25.7. The van der Waals surface area contributed by atoms with E-state index in [9.17, 15) is 19.6 Å². The topological polar surface area (TPSA) is 147 Å². The van der Waals surface area contributed by atoms with Gasteiger partial charge in [-0.2, -0.15) is 0 Å². The van der Waals surface area contributed by atoms with E-state index >= 15 is 0 Å². The van der Waals surface area contributed by atoms with Crippen LogP contribution in [0.1, 0.15) is 47.7 Å². The number of anilines is 3. The molecule has 11 heteroatoms. The van der Waals surface area contributed by atoms with Crippen LogP contribution in [0.3, 0.4) is 0 Å². The number of benzene rings is 1. The molecule has 1 aliphatic heterocycles. The number of aromatic nitrogens is 2. The number of likely N-dealkylation sites (tertiary alicyclic amines) is 1. The molecule has 1 amide bonds.